The van der Waals surface area contributed by atoms with Crippen LogP contribution in [0.15, 0.2) is 18.2 Å². The van der Waals surface area contributed by atoms with E-state index in [1.165, 1.54) is 7.05 Å². The number of nitrogens with one attached hydrogen (secondary N) is 3. The van der Waals surface area contributed by atoms with Gasteiger partial charge in [0.1, 0.15) is 17.5 Å². The third kappa shape index (κ3) is 3.79. The van der Waals surface area contributed by atoms with E-state index < -0.39 is 6.03 Å². The van der Waals surface area contributed by atoms with Crippen LogP contribution in [0.4, 0.5) is 4.79 Å². The SMILES string of the molecule is CNC(=O)NC(=O)[C@H](C)[NH+]1CCC[C@@H]1c1ccc(OC)cc1OC. The van der Waals surface area contributed by atoms with Crippen LogP contribution in [0.5, 0.6) is 11.5 Å². The lowest BCUT2D eigenvalue weighted by Gasteiger charge is -2.27. The Morgan fingerprint density at radius 2 is 2.04 bits per heavy atom. The first-order valence-electron chi connectivity index (χ1n) is 8.11. The molecular weight excluding hydrogens is 310 g/mol. The maximum atomic E-state index is 12.3. The van der Waals surface area contributed by atoms with Gasteiger partial charge in [-0.1, -0.05) is 0 Å². The second-order valence-corrected chi connectivity index (χ2v) is 5.92. The third-order valence-electron chi connectivity index (χ3n) is 4.64. The highest BCUT2D eigenvalue weighted by Gasteiger charge is 2.38. The molecule has 1 aliphatic heterocycles. The zero-order chi connectivity index (χ0) is 17.7. The summed E-state index contributed by atoms with van der Waals surface area (Å²) < 4.78 is 10.8. The van der Waals surface area contributed by atoms with Gasteiger partial charge in [0.2, 0.25) is 0 Å². The van der Waals surface area contributed by atoms with Crippen molar-refractivity contribution in [3.05, 3.63) is 23.8 Å². The number of ether oxygens (including phenoxy) is 2. The van der Waals surface area contributed by atoms with Gasteiger partial charge in [0, 0.05) is 26.0 Å². The average molecular weight is 336 g/mol. The lowest BCUT2D eigenvalue weighted by molar-refractivity contribution is -0.932. The third-order valence-corrected chi connectivity index (χ3v) is 4.64. The lowest BCUT2D eigenvalue weighted by Crippen LogP contribution is -3.15. The predicted molar refractivity (Wildman–Crippen MR) is 89.4 cm³/mol. The van der Waals surface area contributed by atoms with Crippen molar-refractivity contribution in [1.82, 2.24) is 10.6 Å². The van der Waals surface area contributed by atoms with Crippen LogP contribution in [-0.2, 0) is 4.79 Å². The predicted octanol–water partition coefficient (Wildman–Crippen LogP) is 0.268. The lowest BCUT2D eigenvalue weighted by atomic mass is 10.0. The van der Waals surface area contributed by atoms with Crippen molar-refractivity contribution < 1.29 is 24.0 Å². The molecule has 1 aliphatic rings. The Hall–Kier alpha value is -2.28. The normalized spacial score (nSPS) is 21.0. The summed E-state index contributed by atoms with van der Waals surface area (Å²) in [6, 6.07) is 5.10. The van der Waals surface area contributed by atoms with Crippen molar-refractivity contribution in [3.8, 4) is 11.5 Å². The van der Waals surface area contributed by atoms with E-state index in [0.29, 0.717) is 0 Å². The molecule has 3 N–H and O–H groups in total. The van der Waals surface area contributed by atoms with Gasteiger partial charge in [-0.15, -0.1) is 0 Å². The number of carbonyl (C=O) groups excluding carboxylic acids is 2. The van der Waals surface area contributed by atoms with Crippen molar-refractivity contribution in [2.45, 2.75) is 31.8 Å². The molecule has 2 rings (SSSR count). The molecule has 0 spiro atoms. The molecule has 0 aliphatic carbocycles. The quantitative estimate of drug-likeness (QED) is 0.721. The van der Waals surface area contributed by atoms with Gasteiger partial charge >= 0.3 is 6.03 Å². The Labute approximate surface area is 142 Å². The summed E-state index contributed by atoms with van der Waals surface area (Å²) in [5.41, 5.74) is 1.06. The van der Waals surface area contributed by atoms with Crippen LogP contribution >= 0.6 is 0 Å². The van der Waals surface area contributed by atoms with Gasteiger partial charge in [0.25, 0.3) is 5.91 Å². The number of imide groups is 1. The minimum absolute atomic E-state index is 0.149. The molecular formula is C17H26N3O4+. The van der Waals surface area contributed by atoms with Crippen LogP contribution in [0.2, 0.25) is 0 Å². The molecule has 0 aromatic heterocycles. The van der Waals surface area contributed by atoms with Crippen LogP contribution < -0.4 is 25.0 Å². The molecule has 1 fully saturated rings. The Balaban J connectivity index is 2.21. The maximum absolute atomic E-state index is 12.3. The summed E-state index contributed by atoms with van der Waals surface area (Å²) in [4.78, 5) is 24.8. The van der Waals surface area contributed by atoms with E-state index >= 15 is 0 Å². The van der Waals surface area contributed by atoms with Crippen molar-refractivity contribution in [3.63, 3.8) is 0 Å². The van der Waals surface area contributed by atoms with Crippen molar-refractivity contribution in [2.75, 3.05) is 27.8 Å². The number of methoxy groups -OCH3 is 2. The zero-order valence-corrected chi connectivity index (χ0v) is 14.6. The minimum atomic E-state index is -0.482. The number of urea groups is 1. The molecule has 1 heterocycles. The average Bonchev–Trinajstić information content (AvgIpc) is 3.09. The summed E-state index contributed by atoms with van der Waals surface area (Å²) in [5.74, 6) is 1.22. The molecule has 24 heavy (non-hydrogen) atoms. The number of rotatable bonds is 5. The van der Waals surface area contributed by atoms with Crippen LogP contribution in [0.25, 0.3) is 0 Å². The molecule has 7 heteroatoms. The number of hydrogen-bond donors (Lipinski definition) is 3. The van der Waals surface area contributed by atoms with Gasteiger partial charge in [0.15, 0.2) is 6.04 Å². The first-order chi connectivity index (χ1) is 11.5. The van der Waals surface area contributed by atoms with Gasteiger partial charge in [0.05, 0.1) is 26.3 Å². The second kappa shape index (κ2) is 8.01. The largest absolute Gasteiger partial charge is 0.497 e. The van der Waals surface area contributed by atoms with Gasteiger partial charge < -0.3 is 19.7 Å². The van der Waals surface area contributed by atoms with Crippen molar-refractivity contribution in [1.29, 1.82) is 0 Å². The maximum Gasteiger partial charge on any atom is 0.321 e. The molecule has 1 aromatic rings. The molecule has 0 radical (unpaired) electrons. The van der Waals surface area contributed by atoms with E-state index in [-0.39, 0.29) is 18.0 Å². The number of quaternary nitrogens is 1. The Morgan fingerprint density at radius 3 is 2.67 bits per heavy atom. The first-order valence-corrected chi connectivity index (χ1v) is 8.11. The summed E-state index contributed by atoms with van der Waals surface area (Å²) >= 11 is 0. The highest BCUT2D eigenvalue weighted by molar-refractivity contribution is 5.96. The molecule has 3 atom stereocenters. The topological polar surface area (TPSA) is 81.1 Å². The molecule has 1 aromatic carbocycles. The summed E-state index contributed by atoms with van der Waals surface area (Å²) in [6.07, 6.45) is 1.99. The monoisotopic (exact) mass is 336 g/mol. The van der Waals surface area contributed by atoms with Crippen LogP contribution in [0.3, 0.4) is 0 Å². The van der Waals surface area contributed by atoms with Crippen molar-refractivity contribution in [2.24, 2.45) is 0 Å². The molecule has 1 unspecified atom stereocenters. The number of carbonyl (C=O) groups is 2. The van der Waals surface area contributed by atoms with Crippen LogP contribution in [0, 0.1) is 0 Å². The zero-order valence-electron chi connectivity index (χ0n) is 14.6. The highest BCUT2D eigenvalue weighted by Crippen LogP contribution is 2.31. The van der Waals surface area contributed by atoms with E-state index in [2.05, 4.69) is 10.6 Å². The summed E-state index contributed by atoms with van der Waals surface area (Å²) in [7, 11) is 4.74. The van der Waals surface area contributed by atoms with E-state index in [9.17, 15) is 9.59 Å². The van der Waals surface area contributed by atoms with Gasteiger partial charge in [-0.05, 0) is 19.1 Å². The van der Waals surface area contributed by atoms with E-state index in [1.54, 1.807) is 14.2 Å². The van der Waals surface area contributed by atoms with E-state index in [1.807, 2.05) is 25.1 Å². The number of hydrogen-bond acceptors (Lipinski definition) is 4. The number of benzene rings is 1. The first kappa shape index (κ1) is 18.1. The Kier molecular flexibility index (Phi) is 6.03. The fourth-order valence-electron chi connectivity index (χ4n) is 3.30. The van der Waals surface area contributed by atoms with E-state index in [4.69, 9.17) is 9.47 Å². The molecule has 132 valence electrons. The molecule has 7 nitrogen and oxygen atoms in total. The smallest absolute Gasteiger partial charge is 0.321 e. The highest BCUT2D eigenvalue weighted by atomic mass is 16.5. The van der Waals surface area contributed by atoms with Crippen LogP contribution in [-0.4, -0.2) is 45.8 Å². The van der Waals surface area contributed by atoms with Gasteiger partial charge in [-0.25, -0.2) is 4.79 Å². The molecule has 3 amide bonds. The summed E-state index contributed by atoms with van der Waals surface area (Å²) in [5, 5.41) is 4.77. The fraction of sp³-hybridized carbons (Fsp3) is 0.529. The standard InChI is InChI=1S/C17H25N3O4/c1-11(16(21)19-17(22)18-2)20-9-5-6-14(20)13-8-7-12(23-3)10-15(13)24-4/h7-8,10-11,14H,5-6,9H2,1-4H3,(H2,18,19,21,22)/p+1/t11-,14+/m0/s1. The van der Waals surface area contributed by atoms with Gasteiger partial charge in [-0.3, -0.25) is 10.1 Å². The van der Waals surface area contributed by atoms with Crippen LogP contribution in [0.1, 0.15) is 31.4 Å². The Bertz CT molecular complexity index is 605. The Morgan fingerprint density at radius 1 is 1.29 bits per heavy atom. The molecule has 1 saturated heterocycles. The number of amides is 3. The minimum Gasteiger partial charge on any atom is -0.497 e. The second-order valence-electron chi connectivity index (χ2n) is 5.92. The summed E-state index contributed by atoms with van der Waals surface area (Å²) in [6.45, 7) is 2.73. The molecule has 0 bridgehead atoms. The number of likely N-dealkylation sites (tertiary alicyclic amines) is 1. The van der Waals surface area contributed by atoms with Gasteiger partial charge in [-0.2, -0.15) is 0 Å². The van der Waals surface area contributed by atoms with E-state index in [0.717, 1.165) is 41.3 Å². The van der Waals surface area contributed by atoms with Crippen molar-refractivity contribution >= 4 is 11.9 Å². The fourth-order valence-corrected chi connectivity index (χ4v) is 3.30. The molecule has 0 saturated carbocycles.